The number of ether oxygens (including phenoxy) is 1. The summed E-state index contributed by atoms with van der Waals surface area (Å²) >= 11 is 0. The van der Waals surface area contributed by atoms with Gasteiger partial charge in [-0.25, -0.2) is 4.79 Å². The highest BCUT2D eigenvalue weighted by molar-refractivity contribution is 5.86. The number of hydrogen-bond acceptors (Lipinski definition) is 5. The smallest absolute Gasteiger partial charge is 0.339 e. The maximum absolute atomic E-state index is 11.5. The summed E-state index contributed by atoms with van der Waals surface area (Å²) in [5.41, 5.74) is 7.80. The Hall–Kier alpha value is -1.14. The molecule has 0 saturated heterocycles. The molecule has 0 bridgehead atoms. The summed E-state index contributed by atoms with van der Waals surface area (Å²) in [6.07, 6.45) is 0. The lowest BCUT2D eigenvalue weighted by Crippen LogP contribution is -2.63. The summed E-state index contributed by atoms with van der Waals surface area (Å²) < 4.78 is 4.97. The van der Waals surface area contributed by atoms with Gasteiger partial charge in [0.2, 0.25) is 0 Å². The topological polar surface area (TPSA) is 116 Å². The van der Waals surface area contributed by atoms with Gasteiger partial charge in [0.15, 0.2) is 5.66 Å². The zero-order chi connectivity index (χ0) is 12.4. The van der Waals surface area contributed by atoms with Crippen LogP contribution in [-0.2, 0) is 14.3 Å². The predicted octanol–water partition coefficient (Wildman–Crippen LogP) is -0.337. The minimum absolute atomic E-state index is 0.695. The fraction of sp³-hybridized carbons (Fsp3) is 0.778. The molecule has 5 N–H and O–H groups in total. The van der Waals surface area contributed by atoms with Gasteiger partial charge in [0.25, 0.3) is 0 Å². The van der Waals surface area contributed by atoms with Crippen molar-refractivity contribution in [2.75, 3.05) is 0 Å². The van der Waals surface area contributed by atoms with Crippen molar-refractivity contribution in [2.24, 2.45) is 17.4 Å². The fourth-order valence-corrected chi connectivity index (χ4v) is 0.770. The third-order valence-corrected chi connectivity index (χ3v) is 1.85. The Morgan fingerprint density at radius 3 is 1.93 bits per heavy atom. The molecular weight excluding hydrogens is 200 g/mol. The SMILES string of the molecule is CC(C(=O)OC(C)(C)C)C(N)(N)C(=O)O. The molecule has 0 radical (unpaired) electrons. The van der Waals surface area contributed by atoms with E-state index in [0.717, 1.165) is 0 Å². The highest BCUT2D eigenvalue weighted by Gasteiger charge is 2.42. The molecule has 0 aliphatic heterocycles. The number of hydrogen-bond donors (Lipinski definition) is 3. The molecule has 0 fully saturated rings. The van der Waals surface area contributed by atoms with Gasteiger partial charge in [0, 0.05) is 0 Å². The average Bonchev–Trinajstić information content (AvgIpc) is 1.99. The van der Waals surface area contributed by atoms with E-state index in [-0.39, 0.29) is 0 Å². The molecule has 0 aromatic carbocycles. The van der Waals surface area contributed by atoms with E-state index < -0.39 is 29.1 Å². The molecule has 15 heavy (non-hydrogen) atoms. The minimum Gasteiger partial charge on any atom is -0.479 e. The molecule has 0 saturated carbocycles. The van der Waals surface area contributed by atoms with Crippen LogP contribution in [0.2, 0.25) is 0 Å². The third kappa shape index (κ3) is 3.85. The molecule has 0 aromatic heterocycles. The van der Waals surface area contributed by atoms with Gasteiger partial charge in [0.05, 0.1) is 5.92 Å². The van der Waals surface area contributed by atoms with Crippen LogP contribution in [0.25, 0.3) is 0 Å². The third-order valence-electron chi connectivity index (χ3n) is 1.85. The largest absolute Gasteiger partial charge is 0.479 e. The monoisotopic (exact) mass is 218 g/mol. The number of rotatable bonds is 3. The molecule has 1 atom stereocenters. The molecule has 0 rings (SSSR count). The Balaban J connectivity index is 4.66. The first-order valence-corrected chi connectivity index (χ1v) is 4.52. The summed E-state index contributed by atoms with van der Waals surface area (Å²) in [6, 6.07) is 0. The highest BCUT2D eigenvalue weighted by Crippen LogP contribution is 2.16. The van der Waals surface area contributed by atoms with E-state index in [1.807, 2.05) is 0 Å². The second kappa shape index (κ2) is 4.16. The Morgan fingerprint density at radius 1 is 1.27 bits per heavy atom. The van der Waals surface area contributed by atoms with Crippen molar-refractivity contribution in [3.8, 4) is 0 Å². The quantitative estimate of drug-likeness (QED) is 0.441. The van der Waals surface area contributed by atoms with Gasteiger partial charge < -0.3 is 21.3 Å². The molecule has 0 heterocycles. The van der Waals surface area contributed by atoms with E-state index >= 15 is 0 Å². The fourth-order valence-electron chi connectivity index (χ4n) is 0.770. The van der Waals surface area contributed by atoms with E-state index in [0.29, 0.717) is 0 Å². The maximum Gasteiger partial charge on any atom is 0.339 e. The van der Waals surface area contributed by atoms with E-state index in [1.165, 1.54) is 6.92 Å². The van der Waals surface area contributed by atoms with Crippen molar-refractivity contribution < 1.29 is 19.4 Å². The Labute approximate surface area is 88.6 Å². The summed E-state index contributed by atoms with van der Waals surface area (Å²) in [7, 11) is 0. The zero-order valence-corrected chi connectivity index (χ0v) is 9.40. The number of carbonyl (C=O) groups is 2. The van der Waals surface area contributed by atoms with Crippen LogP contribution in [0.4, 0.5) is 0 Å². The predicted molar refractivity (Wildman–Crippen MR) is 53.8 cm³/mol. The lowest BCUT2D eigenvalue weighted by Gasteiger charge is -2.28. The number of nitrogens with two attached hydrogens (primary N) is 2. The van der Waals surface area contributed by atoms with E-state index in [1.54, 1.807) is 20.8 Å². The Morgan fingerprint density at radius 2 is 1.67 bits per heavy atom. The average molecular weight is 218 g/mol. The molecular formula is C9H18N2O4. The number of carboxylic acid groups (broad SMARTS) is 1. The molecule has 0 aliphatic carbocycles. The number of esters is 1. The van der Waals surface area contributed by atoms with Gasteiger partial charge in [-0.3, -0.25) is 4.79 Å². The molecule has 0 spiro atoms. The highest BCUT2D eigenvalue weighted by atomic mass is 16.6. The summed E-state index contributed by atoms with van der Waals surface area (Å²) in [5.74, 6) is -3.29. The Bertz CT molecular complexity index is 268. The number of carboxylic acids is 1. The summed E-state index contributed by atoms with van der Waals surface area (Å²) in [6.45, 7) is 6.34. The number of aliphatic carboxylic acids is 1. The molecule has 6 heteroatoms. The molecule has 0 amide bonds. The Kier molecular flexibility index (Phi) is 3.84. The van der Waals surface area contributed by atoms with Gasteiger partial charge in [-0.2, -0.15) is 0 Å². The lowest BCUT2D eigenvalue weighted by atomic mass is 9.96. The van der Waals surface area contributed by atoms with Crippen LogP contribution in [0.3, 0.4) is 0 Å². The maximum atomic E-state index is 11.5. The standard InChI is InChI=1S/C9H18N2O4/c1-5(9(10,11)7(13)14)6(12)15-8(2,3)4/h5H,10-11H2,1-4H3,(H,13,14). The van der Waals surface area contributed by atoms with E-state index in [9.17, 15) is 9.59 Å². The van der Waals surface area contributed by atoms with E-state index in [2.05, 4.69) is 0 Å². The van der Waals surface area contributed by atoms with Crippen LogP contribution in [-0.4, -0.2) is 28.3 Å². The van der Waals surface area contributed by atoms with Crippen LogP contribution in [0, 0.1) is 5.92 Å². The second-order valence-electron chi connectivity index (χ2n) is 4.49. The van der Waals surface area contributed by atoms with Gasteiger partial charge in [-0.1, -0.05) is 0 Å². The summed E-state index contributed by atoms with van der Waals surface area (Å²) in [5, 5.41) is 8.70. The van der Waals surface area contributed by atoms with Crippen LogP contribution in [0.15, 0.2) is 0 Å². The van der Waals surface area contributed by atoms with Crippen molar-refractivity contribution in [1.82, 2.24) is 0 Å². The first-order valence-electron chi connectivity index (χ1n) is 4.52. The lowest BCUT2D eigenvalue weighted by molar-refractivity contribution is -0.166. The van der Waals surface area contributed by atoms with Crippen molar-refractivity contribution in [2.45, 2.75) is 39.0 Å². The zero-order valence-electron chi connectivity index (χ0n) is 9.40. The van der Waals surface area contributed by atoms with Crippen LogP contribution < -0.4 is 11.5 Å². The van der Waals surface area contributed by atoms with Crippen molar-refractivity contribution >= 4 is 11.9 Å². The second-order valence-corrected chi connectivity index (χ2v) is 4.49. The van der Waals surface area contributed by atoms with Gasteiger partial charge >= 0.3 is 11.9 Å². The van der Waals surface area contributed by atoms with Crippen molar-refractivity contribution in [3.63, 3.8) is 0 Å². The van der Waals surface area contributed by atoms with E-state index in [4.69, 9.17) is 21.3 Å². The first-order chi connectivity index (χ1) is 6.48. The van der Waals surface area contributed by atoms with Crippen LogP contribution in [0.1, 0.15) is 27.7 Å². The molecule has 0 aromatic rings. The van der Waals surface area contributed by atoms with Gasteiger partial charge in [0.1, 0.15) is 5.60 Å². The molecule has 1 unspecified atom stereocenters. The van der Waals surface area contributed by atoms with Crippen LogP contribution in [0.5, 0.6) is 0 Å². The van der Waals surface area contributed by atoms with Gasteiger partial charge in [-0.15, -0.1) is 0 Å². The van der Waals surface area contributed by atoms with Crippen molar-refractivity contribution in [3.05, 3.63) is 0 Å². The minimum atomic E-state index is -2.11. The molecule has 6 nitrogen and oxygen atoms in total. The number of carbonyl (C=O) groups excluding carboxylic acids is 1. The normalized spacial score (nSPS) is 14.5. The molecule has 0 aliphatic rings. The summed E-state index contributed by atoms with van der Waals surface area (Å²) in [4.78, 5) is 22.1. The van der Waals surface area contributed by atoms with Gasteiger partial charge in [-0.05, 0) is 27.7 Å². The van der Waals surface area contributed by atoms with Crippen molar-refractivity contribution in [1.29, 1.82) is 0 Å². The van der Waals surface area contributed by atoms with Crippen LogP contribution >= 0.6 is 0 Å². The first kappa shape index (κ1) is 13.9. The molecule has 88 valence electrons.